The monoisotopic (exact) mass is 275 g/mol. The molecule has 0 amide bonds. The minimum absolute atomic E-state index is 1.24. The molecule has 1 nitrogen and oxygen atoms in total. The molecule has 0 heterocycles. The first-order valence-corrected chi connectivity index (χ1v) is 8.62. The van der Waals surface area contributed by atoms with Crippen LogP contribution in [-0.4, -0.2) is 7.05 Å². The van der Waals surface area contributed by atoms with E-state index in [4.69, 9.17) is 0 Å². The van der Waals surface area contributed by atoms with E-state index in [1.54, 1.807) is 11.1 Å². The van der Waals surface area contributed by atoms with Crippen molar-refractivity contribution >= 4 is 5.69 Å². The molecule has 0 aliphatic rings. The van der Waals surface area contributed by atoms with Gasteiger partial charge in [-0.1, -0.05) is 64.5 Å². The van der Waals surface area contributed by atoms with Crippen molar-refractivity contribution < 1.29 is 0 Å². The molecule has 0 aliphatic carbocycles. The van der Waals surface area contributed by atoms with Crippen molar-refractivity contribution in [3.8, 4) is 0 Å². The Balaban J connectivity index is 2.61. The van der Waals surface area contributed by atoms with Crippen molar-refractivity contribution in [3.05, 3.63) is 29.3 Å². The highest BCUT2D eigenvalue weighted by Gasteiger charge is 2.07. The third-order valence-electron chi connectivity index (χ3n) is 4.12. The van der Waals surface area contributed by atoms with Crippen LogP contribution in [0.1, 0.15) is 76.3 Å². The average molecular weight is 275 g/mol. The third kappa shape index (κ3) is 5.98. The van der Waals surface area contributed by atoms with Gasteiger partial charge < -0.3 is 5.32 Å². The third-order valence-corrected chi connectivity index (χ3v) is 4.12. The van der Waals surface area contributed by atoms with E-state index in [9.17, 15) is 0 Å². The maximum Gasteiger partial charge on any atom is 0.0372 e. The van der Waals surface area contributed by atoms with Crippen LogP contribution in [0.5, 0.6) is 0 Å². The summed E-state index contributed by atoms with van der Waals surface area (Å²) in [5.74, 6) is 0. The lowest BCUT2D eigenvalue weighted by Crippen LogP contribution is -2.01. The van der Waals surface area contributed by atoms with Gasteiger partial charge in [0.1, 0.15) is 0 Å². The van der Waals surface area contributed by atoms with E-state index >= 15 is 0 Å². The maximum atomic E-state index is 3.38. The van der Waals surface area contributed by atoms with E-state index in [0.717, 1.165) is 0 Å². The molecule has 0 spiro atoms. The fraction of sp³-hybridized carbons (Fsp3) is 0.684. The van der Waals surface area contributed by atoms with Gasteiger partial charge in [-0.3, -0.25) is 0 Å². The van der Waals surface area contributed by atoms with Crippen molar-refractivity contribution in [1.29, 1.82) is 0 Å². The number of rotatable bonds is 11. The number of anilines is 1. The highest BCUT2D eigenvalue weighted by Crippen LogP contribution is 2.24. The smallest absolute Gasteiger partial charge is 0.0372 e. The van der Waals surface area contributed by atoms with E-state index in [0.29, 0.717) is 0 Å². The van der Waals surface area contributed by atoms with Crippen LogP contribution in [0.2, 0.25) is 0 Å². The SMILES string of the molecule is CCCCCCc1cccc(NC)c1CCCCCC. The Hall–Kier alpha value is -0.980. The Kier molecular flexibility index (Phi) is 9.19. The van der Waals surface area contributed by atoms with E-state index in [1.165, 1.54) is 69.9 Å². The summed E-state index contributed by atoms with van der Waals surface area (Å²) < 4.78 is 0. The Bertz CT molecular complexity index is 357. The number of aryl methyl sites for hydroxylation is 1. The maximum absolute atomic E-state index is 3.38. The quantitative estimate of drug-likeness (QED) is 0.490. The first-order chi connectivity index (χ1) is 9.83. The van der Waals surface area contributed by atoms with Crippen LogP contribution in [0.3, 0.4) is 0 Å². The van der Waals surface area contributed by atoms with Crippen molar-refractivity contribution in [3.63, 3.8) is 0 Å². The zero-order valence-electron chi connectivity index (χ0n) is 13.8. The average Bonchev–Trinajstić information content (AvgIpc) is 2.48. The summed E-state index contributed by atoms with van der Waals surface area (Å²) in [6.07, 6.45) is 13.3. The highest BCUT2D eigenvalue weighted by atomic mass is 14.8. The van der Waals surface area contributed by atoms with Gasteiger partial charge in [0.25, 0.3) is 0 Å². The second-order valence-electron chi connectivity index (χ2n) is 5.81. The van der Waals surface area contributed by atoms with E-state index in [1.807, 2.05) is 7.05 Å². The lowest BCUT2D eigenvalue weighted by atomic mass is 9.95. The Morgan fingerprint density at radius 2 is 1.45 bits per heavy atom. The van der Waals surface area contributed by atoms with Gasteiger partial charge in [0.2, 0.25) is 0 Å². The molecule has 0 aliphatic heterocycles. The molecule has 1 N–H and O–H groups in total. The number of benzene rings is 1. The number of hydrogen-bond acceptors (Lipinski definition) is 1. The minimum Gasteiger partial charge on any atom is -0.388 e. The first kappa shape index (κ1) is 17.1. The van der Waals surface area contributed by atoms with Crippen LogP contribution in [0, 0.1) is 0 Å². The molecule has 0 saturated carbocycles. The normalized spacial score (nSPS) is 10.8. The van der Waals surface area contributed by atoms with Crippen LogP contribution in [0.4, 0.5) is 5.69 Å². The zero-order valence-corrected chi connectivity index (χ0v) is 13.8. The van der Waals surface area contributed by atoms with E-state index in [2.05, 4.69) is 37.4 Å². The summed E-state index contributed by atoms with van der Waals surface area (Å²) in [5.41, 5.74) is 4.49. The van der Waals surface area contributed by atoms with Gasteiger partial charge in [0, 0.05) is 12.7 Å². The van der Waals surface area contributed by atoms with Gasteiger partial charge in [0.05, 0.1) is 0 Å². The molecule has 1 heteroatoms. The predicted octanol–water partition coefficient (Wildman–Crippen LogP) is 5.97. The Morgan fingerprint density at radius 1 is 0.800 bits per heavy atom. The molecule has 0 radical (unpaired) electrons. The Morgan fingerprint density at radius 3 is 2.05 bits per heavy atom. The van der Waals surface area contributed by atoms with Crippen LogP contribution in [0.25, 0.3) is 0 Å². The largest absolute Gasteiger partial charge is 0.388 e. The molecule has 114 valence electrons. The molecule has 1 rings (SSSR count). The lowest BCUT2D eigenvalue weighted by Gasteiger charge is -2.15. The van der Waals surface area contributed by atoms with Crippen molar-refractivity contribution in [1.82, 2.24) is 0 Å². The molecule has 1 aromatic carbocycles. The second kappa shape index (κ2) is 10.8. The van der Waals surface area contributed by atoms with Crippen LogP contribution in [0.15, 0.2) is 18.2 Å². The summed E-state index contributed by atoms with van der Waals surface area (Å²) in [7, 11) is 2.05. The van der Waals surface area contributed by atoms with Crippen molar-refractivity contribution in [2.75, 3.05) is 12.4 Å². The summed E-state index contributed by atoms with van der Waals surface area (Å²) in [6.45, 7) is 4.56. The van der Waals surface area contributed by atoms with Crippen molar-refractivity contribution in [2.24, 2.45) is 0 Å². The number of unbranched alkanes of at least 4 members (excludes halogenated alkanes) is 6. The van der Waals surface area contributed by atoms with Gasteiger partial charge in [-0.15, -0.1) is 0 Å². The molecule has 20 heavy (non-hydrogen) atoms. The standard InChI is InChI=1S/C19H33N/c1-4-6-8-10-13-17-14-12-16-19(20-3)18(17)15-11-9-7-5-2/h12,14,16,20H,4-11,13,15H2,1-3H3. The van der Waals surface area contributed by atoms with Gasteiger partial charge in [0.15, 0.2) is 0 Å². The molecule has 0 unspecified atom stereocenters. The number of nitrogens with one attached hydrogen (secondary N) is 1. The van der Waals surface area contributed by atoms with Crippen LogP contribution >= 0.6 is 0 Å². The predicted molar refractivity (Wildman–Crippen MR) is 91.7 cm³/mol. The van der Waals surface area contributed by atoms with Gasteiger partial charge in [-0.25, -0.2) is 0 Å². The summed E-state index contributed by atoms with van der Waals surface area (Å²) in [6, 6.07) is 6.77. The van der Waals surface area contributed by atoms with E-state index < -0.39 is 0 Å². The summed E-state index contributed by atoms with van der Waals surface area (Å²) in [4.78, 5) is 0. The highest BCUT2D eigenvalue weighted by molar-refractivity contribution is 5.54. The van der Waals surface area contributed by atoms with Crippen LogP contribution < -0.4 is 5.32 Å². The molecule has 0 saturated heterocycles. The molecule has 0 fully saturated rings. The second-order valence-corrected chi connectivity index (χ2v) is 5.81. The fourth-order valence-electron chi connectivity index (χ4n) is 2.87. The Labute approximate surface area is 126 Å². The topological polar surface area (TPSA) is 12.0 Å². The van der Waals surface area contributed by atoms with E-state index in [-0.39, 0.29) is 0 Å². The van der Waals surface area contributed by atoms with Crippen molar-refractivity contribution in [2.45, 2.75) is 78.1 Å². The first-order valence-electron chi connectivity index (χ1n) is 8.62. The number of hydrogen-bond donors (Lipinski definition) is 1. The molecule has 0 bridgehead atoms. The molecule has 1 aromatic rings. The van der Waals surface area contributed by atoms with Crippen LogP contribution in [-0.2, 0) is 12.8 Å². The molecular formula is C19H33N. The minimum atomic E-state index is 1.24. The van der Waals surface area contributed by atoms with Gasteiger partial charge in [-0.2, -0.15) is 0 Å². The fourth-order valence-corrected chi connectivity index (χ4v) is 2.87. The van der Waals surface area contributed by atoms with Gasteiger partial charge >= 0.3 is 0 Å². The molecule has 0 aromatic heterocycles. The summed E-state index contributed by atoms with van der Waals surface area (Å²) in [5, 5.41) is 3.38. The molecule has 0 atom stereocenters. The zero-order chi connectivity index (χ0) is 14.6. The molecular weight excluding hydrogens is 242 g/mol. The van der Waals surface area contributed by atoms with Gasteiger partial charge in [-0.05, 0) is 42.9 Å². The lowest BCUT2D eigenvalue weighted by molar-refractivity contribution is 0.651. The summed E-state index contributed by atoms with van der Waals surface area (Å²) >= 11 is 0.